The Morgan fingerprint density at radius 2 is 1.40 bits per heavy atom. The molecule has 0 spiro atoms. The molecule has 0 amide bonds. The number of rotatable bonds is 11. The van der Waals surface area contributed by atoms with Crippen molar-refractivity contribution >= 4 is 23.9 Å². The second-order valence-electron chi connectivity index (χ2n) is 9.78. The molecule has 0 aliphatic carbocycles. The molecule has 167 valence electrons. The molecule has 2 aliphatic rings. The van der Waals surface area contributed by atoms with Gasteiger partial charge < -0.3 is 18.5 Å². The summed E-state index contributed by atoms with van der Waals surface area (Å²) < 4.78 is 35.2. The van der Waals surface area contributed by atoms with Gasteiger partial charge in [0.25, 0.3) is 0 Å². The van der Waals surface area contributed by atoms with Crippen LogP contribution in [-0.2, 0) is 55.8 Å². The van der Waals surface area contributed by atoms with E-state index in [0.29, 0.717) is 43.3 Å². The van der Waals surface area contributed by atoms with Crippen molar-refractivity contribution in [2.24, 2.45) is 35.5 Å². The minimum absolute atomic E-state index is 0. The first-order valence-corrected chi connectivity index (χ1v) is 12.4. The van der Waals surface area contributed by atoms with E-state index in [-0.39, 0.29) is 68.8 Å². The Balaban J connectivity index is 0.00000450. The zero-order valence-corrected chi connectivity index (χ0v) is 23.4. The van der Waals surface area contributed by atoms with Crippen molar-refractivity contribution in [3.05, 3.63) is 0 Å². The van der Waals surface area contributed by atoms with Gasteiger partial charge in [-0.05, 0) is 48.9 Å². The van der Waals surface area contributed by atoms with Gasteiger partial charge in [0.2, 0.25) is 0 Å². The number of ether oxygens (including phenoxy) is 2. The average Bonchev–Trinajstić information content (AvgIpc) is 3.03. The van der Waals surface area contributed by atoms with Gasteiger partial charge in [0.05, 0.1) is 25.4 Å². The zero-order valence-electron chi connectivity index (χ0n) is 19.6. The fourth-order valence-corrected chi connectivity index (χ4v) is 5.33. The average molecular weight is 513 g/mol. The van der Waals surface area contributed by atoms with Crippen molar-refractivity contribution in [3.8, 4) is 0 Å². The molecule has 9 atom stereocenters. The standard InChI is InChI=1S/C21H39B2O5P.Y/c1-12(2)9-16-14(5)20(22)27-18(16)7-8-25-29(24)26-11-17-15(6)21(23)28-19(17)10-13(3)4;/h12-21,29H,7-11H2,1-6H3;/t14-,15-,16?,17?,18+,19+,20+,21+;/m0./s1. The first kappa shape index (κ1) is 29.3. The molecule has 9 heteroatoms. The monoisotopic (exact) mass is 513 g/mol. The van der Waals surface area contributed by atoms with Gasteiger partial charge in [0, 0.05) is 50.6 Å². The number of hydrogen-bond donors (Lipinski definition) is 0. The van der Waals surface area contributed by atoms with Crippen LogP contribution in [0.3, 0.4) is 0 Å². The van der Waals surface area contributed by atoms with E-state index in [9.17, 15) is 4.57 Å². The molecule has 2 heterocycles. The maximum atomic E-state index is 12.3. The fourth-order valence-electron chi connectivity index (χ4n) is 4.63. The van der Waals surface area contributed by atoms with Crippen molar-refractivity contribution < 1.29 is 55.8 Å². The molecular formula is C21H39B2O5PY. The van der Waals surface area contributed by atoms with Gasteiger partial charge in [0.15, 0.2) is 0 Å². The summed E-state index contributed by atoms with van der Waals surface area (Å²) in [7, 11) is 9.59. The minimum atomic E-state index is -2.56. The summed E-state index contributed by atoms with van der Waals surface area (Å²) in [6.45, 7) is 13.6. The Hall–Kier alpha value is 1.30. The Bertz CT molecular complexity index is 526. The Morgan fingerprint density at radius 3 is 1.97 bits per heavy atom. The maximum Gasteiger partial charge on any atom is 0.319 e. The van der Waals surface area contributed by atoms with Crippen LogP contribution in [0.4, 0.5) is 0 Å². The van der Waals surface area contributed by atoms with Gasteiger partial charge in [-0.25, -0.2) is 0 Å². The second-order valence-corrected chi connectivity index (χ2v) is 10.9. The van der Waals surface area contributed by atoms with Crippen molar-refractivity contribution in [2.75, 3.05) is 13.2 Å². The van der Waals surface area contributed by atoms with Gasteiger partial charge >= 0.3 is 8.25 Å². The molecular weight excluding hydrogens is 474 g/mol. The van der Waals surface area contributed by atoms with Crippen LogP contribution < -0.4 is 0 Å². The van der Waals surface area contributed by atoms with Crippen LogP contribution in [0.15, 0.2) is 0 Å². The van der Waals surface area contributed by atoms with Crippen molar-refractivity contribution in [2.45, 2.75) is 85.0 Å². The van der Waals surface area contributed by atoms with Crippen molar-refractivity contribution in [1.82, 2.24) is 0 Å². The molecule has 2 rings (SSSR count). The summed E-state index contributed by atoms with van der Waals surface area (Å²) in [6, 6.07) is -0.526. The van der Waals surface area contributed by atoms with Crippen molar-refractivity contribution in [3.63, 3.8) is 0 Å². The summed E-state index contributed by atoms with van der Waals surface area (Å²) in [5, 5.41) is 0. The third kappa shape index (κ3) is 8.58. The van der Waals surface area contributed by atoms with Gasteiger partial charge in [-0.15, -0.1) is 0 Å². The molecule has 2 aliphatic heterocycles. The number of hydrogen-bond acceptors (Lipinski definition) is 5. The van der Waals surface area contributed by atoms with E-state index in [1.165, 1.54) is 0 Å². The van der Waals surface area contributed by atoms with E-state index in [1.807, 2.05) is 0 Å². The molecule has 0 saturated carbocycles. The third-order valence-corrected chi connectivity index (χ3v) is 7.31. The summed E-state index contributed by atoms with van der Waals surface area (Å²) in [6.07, 6.45) is 2.76. The zero-order chi connectivity index (χ0) is 21.7. The predicted octanol–water partition coefficient (Wildman–Crippen LogP) is 4.18. The SMILES string of the molecule is [B][C@@H]1O[C@H](CCO[PH](=O)OCC2[C@@H](CC(C)C)O[C@@H]([B])[C@H]2C)C(CC(C)C)[C@@H]1C.[Y]. The fraction of sp³-hybridized carbons (Fsp3) is 1.00. The third-order valence-electron chi connectivity index (χ3n) is 6.47. The Morgan fingerprint density at radius 1 is 0.867 bits per heavy atom. The van der Waals surface area contributed by atoms with E-state index in [1.54, 1.807) is 0 Å². The normalized spacial score (nSPS) is 37.6. The Kier molecular flexibility index (Phi) is 13.6. The molecule has 0 aromatic carbocycles. The quantitative estimate of drug-likeness (QED) is 0.307. The smallest absolute Gasteiger partial charge is 0.319 e. The summed E-state index contributed by atoms with van der Waals surface area (Å²) in [5.74, 6) is 2.13. The molecule has 0 aromatic heterocycles. The van der Waals surface area contributed by atoms with Gasteiger partial charge in [0.1, 0.15) is 15.7 Å². The molecule has 30 heavy (non-hydrogen) atoms. The predicted molar refractivity (Wildman–Crippen MR) is 119 cm³/mol. The summed E-state index contributed by atoms with van der Waals surface area (Å²) in [4.78, 5) is 0. The maximum absolute atomic E-state index is 12.3. The van der Waals surface area contributed by atoms with E-state index in [4.69, 9.17) is 34.2 Å². The van der Waals surface area contributed by atoms with Gasteiger partial charge in [-0.1, -0.05) is 41.5 Å². The van der Waals surface area contributed by atoms with Gasteiger partial charge in [-0.2, -0.15) is 0 Å². The molecule has 5 radical (unpaired) electrons. The molecule has 0 N–H and O–H groups in total. The molecule has 0 aromatic rings. The van der Waals surface area contributed by atoms with Crippen LogP contribution in [-0.4, -0.2) is 53.1 Å². The summed E-state index contributed by atoms with van der Waals surface area (Å²) >= 11 is 0. The molecule has 3 unspecified atom stereocenters. The Labute approximate surface area is 212 Å². The molecule has 0 bridgehead atoms. The second kappa shape index (κ2) is 13.9. The first-order valence-electron chi connectivity index (χ1n) is 11.2. The molecule has 2 fully saturated rings. The first-order chi connectivity index (χ1) is 13.6. The van der Waals surface area contributed by atoms with Crippen LogP contribution in [0.2, 0.25) is 0 Å². The van der Waals surface area contributed by atoms with Crippen LogP contribution in [0.25, 0.3) is 0 Å². The van der Waals surface area contributed by atoms with Crippen LogP contribution in [0.5, 0.6) is 0 Å². The molecule has 2 saturated heterocycles. The topological polar surface area (TPSA) is 54.0 Å². The van der Waals surface area contributed by atoms with Crippen LogP contribution >= 0.6 is 8.25 Å². The van der Waals surface area contributed by atoms with Crippen LogP contribution in [0.1, 0.15) is 60.8 Å². The van der Waals surface area contributed by atoms with Gasteiger partial charge in [-0.3, -0.25) is 4.57 Å². The van der Waals surface area contributed by atoms with Crippen LogP contribution in [0, 0.1) is 35.5 Å². The summed E-state index contributed by atoms with van der Waals surface area (Å²) in [5.41, 5.74) is 0. The van der Waals surface area contributed by atoms with E-state index < -0.39 is 8.25 Å². The van der Waals surface area contributed by atoms with Crippen molar-refractivity contribution in [1.29, 1.82) is 0 Å². The van der Waals surface area contributed by atoms with E-state index in [2.05, 4.69) is 41.5 Å². The van der Waals surface area contributed by atoms with E-state index >= 15 is 0 Å². The minimum Gasteiger partial charge on any atom is -0.384 e. The van der Waals surface area contributed by atoms with E-state index in [0.717, 1.165) is 12.8 Å². The molecule has 5 nitrogen and oxygen atoms in total. The largest absolute Gasteiger partial charge is 0.384 e.